The molecule has 1 amide bonds. The van der Waals surface area contributed by atoms with E-state index in [1.807, 2.05) is 0 Å². The molecular weight excluding hydrogens is 321 g/mol. The van der Waals surface area contributed by atoms with Gasteiger partial charge >= 0.3 is 0 Å². The van der Waals surface area contributed by atoms with E-state index in [0.717, 1.165) is 19.3 Å². The highest BCUT2D eigenvalue weighted by Gasteiger charge is 2.25. The lowest BCUT2D eigenvalue weighted by molar-refractivity contribution is 0.102. The molecule has 1 aliphatic rings. The lowest BCUT2D eigenvalue weighted by Crippen LogP contribution is -2.16. The van der Waals surface area contributed by atoms with E-state index in [1.165, 1.54) is 25.6 Å². The van der Waals surface area contributed by atoms with E-state index in [0.29, 0.717) is 17.1 Å². The molecule has 1 aromatic carbocycles. The number of halogens is 2. The molecule has 0 atom stereocenters. The maximum absolute atomic E-state index is 14.1. The predicted octanol–water partition coefficient (Wildman–Crippen LogP) is 3.80. The van der Waals surface area contributed by atoms with Gasteiger partial charge in [0, 0.05) is 5.69 Å². The smallest absolute Gasteiger partial charge is 0.275 e. The quantitative estimate of drug-likeness (QED) is 0.923. The van der Waals surface area contributed by atoms with Crippen molar-refractivity contribution in [2.45, 2.75) is 25.2 Å². The molecule has 5 nitrogen and oxygen atoms in total. The summed E-state index contributed by atoms with van der Waals surface area (Å²) in [4.78, 5) is 20.1. The van der Waals surface area contributed by atoms with Crippen molar-refractivity contribution in [1.29, 1.82) is 0 Å². The fourth-order valence-electron chi connectivity index (χ4n) is 2.43. The van der Waals surface area contributed by atoms with Crippen LogP contribution in [0, 0.1) is 5.82 Å². The normalized spacial score (nSPS) is 14.2. The van der Waals surface area contributed by atoms with Crippen molar-refractivity contribution < 1.29 is 13.9 Å². The monoisotopic (exact) mass is 335 g/mol. The Morgan fingerprint density at radius 1 is 1.35 bits per heavy atom. The van der Waals surface area contributed by atoms with Gasteiger partial charge in [-0.2, -0.15) is 0 Å². The van der Waals surface area contributed by atoms with Crippen molar-refractivity contribution in [3.63, 3.8) is 0 Å². The lowest BCUT2D eigenvalue weighted by atomic mass is 9.79. The summed E-state index contributed by atoms with van der Waals surface area (Å²) in [5, 5.41) is 2.68. The van der Waals surface area contributed by atoms with Gasteiger partial charge in [0.25, 0.3) is 5.91 Å². The minimum absolute atomic E-state index is 0.00511. The first-order chi connectivity index (χ1) is 11.1. The van der Waals surface area contributed by atoms with Crippen molar-refractivity contribution in [3.05, 3.63) is 46.6 Å². The number of ether oxygens (including phenoxy) is 1. The molecule has 2 aromatic rings. The number of carbonyl (C=O) groups is 1. The molecule has 120 valence electrons. The Kier molecular flexibility index (Phi) is 4.43. The average Bonchev–Trinajstić information content (AvgIpc) is 2.50. The molecule has 1 N–H and O–H groups in total. The van der Waals surface area contributed by atoms with Gasteiger partial charge in [-0.05, 0) is 36.5 Å². The van der Waals surface area contributed by atoms with Gasteiger partial charge in [0.2, 0.25) is 5.88 Å². The highest BCUT2D eigenvalue weighted by Crippen LogP contribution is 2.40. The van der Waals surface area contributed by atoms with Crippen LogP contribution in [0.1, 0.15) is 41.2 Å². The van der Waals surface area contributed by atoms with Crippen LogP contribution in [-0.4, -0.2) is 23.0 Å². The summed E-state index contributed by atoms with van der Waals surface area (Å²) in [5.74, 6) is -0.357. The summed E-state index contributed by atoms with van der Waals surface area (Å²) in [6, 6.07) is 3.04. The predicted molar refractivity (Wildman–Crippen MR) is 84.5 cm³/mol. The molecule has 1 fully saturated rings. The van der Waals surface area contributed by atoms with Crippen LogP contribution in [0.25, 0.3) is 0 Å². The Morgan fingerprint density at radius 3 is 2.70 bits per heavy atom. The summed E-state index contributed by atoms with van der Waals surface area (Å²) in [7, 11) is 1.46. The number of nitrogens with zero attached hydrogens (tertiary/aromatic N) is 2. The van der Waals surface area contributed by atoms with Crippen LogP contribution in [0.15, 0.2) is 24.5 Å². The van der Waals surface area contributed by atoms with Gasteiger partial charge in [-0.15, -0.1) is 0 Å². The van der Waals surface area contributed by atoms with Gasteiger partial charge in [-0.25, -0.2) is 14.4 Å². The fraction of sp³-hybridized carbons (Fsp3) is 0.312. The van der Waals surface area contributed by atoms with Gasteiger partial charge in [-0.1, -0.05) is 18.0 Å². The molecule has 1 saturated carbocycles. The van der Waals surface area contributed by atoms with Crippen molar-refractivity contribution >= 4 is 23.2 Å². The van der Waals surface area contributed by atoms with Crippen molar-refractivity contribution in [3.8, 4) is 5.88 Å². The number of benzene rings is 1. The van der Waals surface area contributed by atoms with Crippen LogP contribution in [0.3, 0.4) is 0 Å². The molecule has 7 heteroatoms. The second-order valence-corrected chi connectivity index (χ2v) is 5.79. The number of amides is 1. The molecule has 23 heavy (non-hydrogen) atoms. The highest BCUT2D eigenvalue weighted by molar-refractivity contribution is 6.31. The summed E-state index contributed by atoms with van der Waals surface area (Å²) >= 11 is 5.94. The van der Waals surface area contributed by atoms with Crippen LogP contribution in [0.2, 0.25) is 5.02 Å². The van der Waals surface area contributed by atoms with Gasteiger partial charge in [0.1, 0.15) is 11.5 Å². The third kappa shape index (κ3) is 3.27. The highest BCUT2D eigenvalue weighted by atomic mass is 35.5. The van der Waals surface area contributed by atoms with Gasteiger partial charge in [0.15, 0.2) is 0 Å². The molecule has 1 heterocycles. The number of hydrogen-bond acceptors (Lipinski definition) is 4. The van der Waals surface area contributed by atoms with E-state index in [-0.39, 0.29) is 16.6 Å². The van der Waals surface area contributed by atoms with E-state index in [9.17, 15) is 9.18 Å². The Balaban J connectivity index is 1.81. The van der Waals surface area contributed by atoms with Gasteiger partial charge < -0.3 is 10.1 Å². The van der Waals surface area contributed by atoms with E-state index < -0.39 is 11.7 Å². The van der Waals surface area contributed by atoms with Crippen LogP contribution < -0.4 is 10.1 Å². The minimum atomic E-state index is -0.442. The lowest BCUT2D eigenvalue weighted by Gasteiger charge is -2.27. The molecule has 0 aliphatic heterocycles. The third-order valence-electron chi connectivity index (χ3n) is 3.93. The van der Waals surface area contributed by atoms with E-state index >= 15 is 0 Å². The molecule has 0 spiro atoms. The number of rotatable bonds is 4. The Morgan fingerprint density at radius 2 is 2.13 bits per heavy atom. The number of carbonyl (C=O) groups excluding carboxylic acids is 1. The first-order valence-corrected chi connectivity index (χ1v) is 7.62. The van der Waals surface area contributed by atoms with Crippen LogP contribution in [-0.2, 0) is 0 Å². The number of nitrogens with one attached hydrogen (secondary N) is 1. The number of aromatic nitrogens is 2. The average molecular weight is 336 g/mol. The number of methoxy groups -OCH3 is 1. The Hall–Kier alpha value is -2.21. The van der Waals surface area contributed by atoms with Crippen molar-refractivity contribution in [1.82, 2.24) is 9.97 Å². The maximum Gasteiger partial charge on any atom is 0.275 e. The van der Waals surface area contributed by atoms with Crippen LogP contribution in [0.4, 0.5) is 10.1 Å². The zero-order valence-electron chi connectivity index (χ0n) is 12.5. The van der Waals surface area contributed by atoms with Crippen LogP contribution >= 0.6 is 11.6 Å². The number of hydrogen-bond donors (Lipinski definition) is 1. The molecule has 1 aliphatic carbocycles. The molecule has 1 aromatic heterocycles. The summed E-state index contributed by atoms with van der Waals surface area (Å²) in [5.41, 5.74) is 1.14. The van der Waals surface area contributed by atoms with Crippen molar-refractivity contribution in [2.24, 2.45) is 0 Å². The SMILES string of the molecule is COc1cnc(C(=O)Nc2cc(Cl)c(F)c(C3CCC3)c2)cn1. The largest absolute Gasteiger partial charge is 0.480 e. The molecule has 0 radical (unpaired) electrons. The summed E-state index contributed by atoms with van der Waals surface area (Å²) in [6.45, 7) is 0. The minimum Gasteiger partial charge on any atom is -0.480 e. The fourth-order valence-corrected chi connectivity index (χ4v) is 2.66. The van der Waals surface area contributed by atoms with E-state index in [4.69, 9.17) is 16.3 Å². The zero-order valence-corrected chi connectivity index (χ0v) is 13.2. The topological polar surface area (TPSA) is 64.1 Å². The van der Waals surface area contributed by atoms with Crippen LogP contribution in [0.5, 0.6) is 5.88 Å². The van der Waals surface area contributed by atoms with E-state index in [2.05, 4.69) is 15.3 Å². The maximum atomic E-state index is 14.1. The molecule has 0 unspecified atom stereocenters. The second kappa shape index (κ2) is 6.50. The standard InChI is InChI=1S/C16H15ClFN3O2/c1-23-14-8-19-13(7-20-14)16(22)21-10-5-11(9-3-2-4-9)15(18)12(17)6-10/h5-9H,2-4H2,1H3,(H,21,22). The number of anilines is 1. The summed E-state index contributed by atoms with van der Waals surface area (Å²) < 4.78 is 19.0. The Bertz CT molecular complexity index is 733. The molecule has 0 saturated heterocycles. The molecule has 3 rings (SSSR count). The zero-order chi connectivity index (χ0) is 16.4. The Labute approximate surface area is 137 Å². The molecular formula is C16H15ClFN3O2. The second-order valence-electron chi connectivity index (χ2n) is 5.39. The van der Waals surface area contributed by atoms with Gasteiger partial charge in [-0.3, -0.25) is 4.79 Å². The van der Waals surface area contributed by atoms with Gasteiger partial charge in [0.05, 0.1) is 24.5 Å². The van der Waals surface area contributed by atoms with E-state index in [1.54, 1.807) is 6.07 Å². The van der Waals surface area contributed by atoms with Crippen molar-refractivity contribution in [2.75, 3.05) is 12.4 Å². The third-order valence-corrected chi connectivity index (χ3v) is 4.20. The first kappa shape index (κ1) is 15.7. The molecule has 0 bridgehead atoms. The summed E-state index contributed by atoms with van der Waals surface area (Å²) in [6.07, 6.45) is 5.63. The first-order valence-electron chi connectivity index (χ1n) is 7.25.